The van der Waals surface area contributed by atoms with Crippen LogP contribution in [0.5, 0.6) is 5.75 Å². The number of hydrogen-bond donors (Lipinski definition) is 0. The van der Waals surface area contributed by atoms with Crippen molar-refractivity contribution in [1.82, 2.24) is 9.55 Å². The van der Waals surface area contributed by atoms with Crippen LogP contribution in [-0.2, 0) is 13.0 Å². The first kappa shape index (κ1) is 10.8. The van der Waals surface area contributed by atoms with E-state index in [0.717, 1.165) is 12.2 Å². The molecular formula is C14H13N3O. The topological polar surface area (TPSA) is 50.8 Å². The van der Waals surface area contributed by atoms with Crippen molar-refractivity contribution in [2.24, 2.45) is 0 Å². The van der Waals surface area contributed by atoms with Crippen molar-refractivity contribution in [2.75, 3.05) is 0 Å². The Morgan fingerprint density at radius 1 is 1.56 bits per heavy atom. The summed E-state index contributed by atoms with van der Waals surface area (Å²) in [7, 11) is 0. The highest BCUT2D eigenvalue weighted by atomic mass is 16.5. The molecule has 0 fully saturated rings. The second-order valence-electron chi connectivity index (χ2n) is 4.57. The van der Waals surface area contributed by atoms with E-state index in [2.05, 4.69) is 30.1 Å². The number of aromatic nitrogens is 2. The summed E-state index contributed by atoms with van der Waals surface area (Å²) < 4.78 is 7.71. The molecule has 90 valence electrons. The van der Waals surface area contributed by atoms with E-state index in [1.165, 1.54) is 11.1 Å². The molecule has 0 saturated heterocycles. The van der Waals surface area contributed by atoms with E-state index in [4.69, 9.17) is 10.00 Å². The van der Waals surface area contributed by atoms with Crippen LogP contribution in [0.1, 0.15) is 17.0 Å². The van der Waals surface area contributed by atoms with E-state index in [1.54, 1.807) is 6.20 Å². The maximum Gasteiger partial charge on any atom is 0.212 e. The van der Waals surface area contributed by atoms with Crippen LogP contribution in [0.15, 0.2) is 30.6 Å². The van der Waals surface area contributed by atoms with Crippen LogP contribution in [-0.4, -0.2) is 15.7 Å². The molecule has 0 spiro atoms. The summed E-state index contributed by atoms with van der Waals surface area (Å²) in [4.78, 5) is 3.99. The SMILES string of the molecule is Cc1ccc2c(c1)CC(Cn1ccnc1C#N)O2. The molecule has 1 atom stereocenters. The normalized spacial score (nSPS) is 17.0. The zero-order valence-corrected chi connectivity index (χ0v) is 10.1. The lowest BCUT2D eigenvalue weighted by molar-refractivity contribution is 0.209. The zero-order valence-electron chi connectivity index (χ0n) is 10.1. The van der Waals surface area contributed by atoms with Crippen LogP contribution in [0.3, 0.4) is 0 Å². The van der Waals surface area contributed by atoms with Crippen molar-refractivity contribution in [3.8, 4) is 11.8 Å². The molecule has 0 amide bonds. The minimum Gasteiger partial charge on any atom is -0.488 e. The molecule has 1 unspecified atom stereocenters. The van der Waals surface area contributed by atoms with Gasteiger partial charge in [-0.3, -0.25) is 0 Å². The fourth-order valence-electron chi connectivity index (χ4n) is 2.34. The molecule has 3 rings (SSSR count). The number of ether oxygens (including phenoxy) is 1. The molecule has 18 heavy (non-hydrogen) atoms. The van der Waals surface area contributed by atoms with Gasteiger partial charge in [0.15, 0.2) is 0 Å². The Morgan fingerprint density at radius 3 is 3.28 bits per heavy atom. The van der Waals surface area contributed by atoms with Gasteiger partial charge < -0.3 is 9.30 Å². The first-order valence-corrected chi connectivity index (χ1v) is 5.93. The summed E-state index contributed by atoms with van der Waals surface area (Å²) in [6.07, 6.45) is 4.43. The molecule has 1 aromatic carbocycles. The molecule has 2 heterocycles. The molecule has 1 aliphatic heterocycles. The number of hydrogen-bond acceptors (Lipinski definition) is 3. The van der Waals surface area contributed by atoms with Gasteiger partial charge in [0.2, 0.25) is 5.82 Å². The molecule has 1 aromatic heterocycles. The molecule has 0 bridgehead atoms. The van der Waals surface area contributed by atoms with Gasteiger partial charge >= 0.3 is 0 Å². The lowest BCUT2D eigenvalue weighted by Gasteiger charge is -2.11. The van der Waals surface area contributed by atoms with Gasteiger partial charge in [-0.05, 0) is 18.6 Å². The van der Waals surface area contributed by atoms with Crippen LogP contribution in [0, 0.1) is 18.3 Å². The highest BCUT2D eigenvalue weighted by Crippen LogP contribution is 2.30. The molecule has 0 radical (unpaired) electrons. The van der Waals surface area contributed by atoms with Crippen LogP contribution >= 0.6 is 0 Å². The van der Waals surface area contributed by atoms with Crippen LogP contribution in [0.25, 0.3) is 0 Å². The average molecular weight is 239 g/mol. The van der Waals surface area contributed by atoms with Crippen molar-refractivity contribution in [1.29, 1.82) is 5.26 Å². The third kappa shape index (κ3) is 1.84. The maximum atomic E-state index is 8.92. The summed E-state index contributed by atoms with van der Waals surface area (Å²) in [6.45, 7) is 2.74. The predicted molar refractivity (Wildman–Crippen MR) is 66.2 cm³/mol. The molecular weight excluding hydrogens is 226 g/mol. The number of aryl methyl sites for hydroxylation is 1. The lowest BCUT2D eigenvalue weighted by Crippen LogP contribution is -2.21. The zero-order chi connectivity index (χ0) is 12.5. The van der Waals surface area contributed by atoms with E-state index < -0.39 is 0 Å². The summed E-state index contributed by atoms with van der Waals surface area (Å²) in [5.74, 6) is 1.40. The van der Waals surface area contributed by atoms with E-state index >= 15 is 0 Å². The highest BCUT2D eigenvalue weighted by molar-refractivity contribution is 5.40. The Labute approximate surface area is 105 Å². The van der Waals surface area contributed by atoms with E-state index in [0.29, 0.717) is 12.4 Å². The number of fused-ring (bicyclic) bond motifs is 1. The summed E-state index contributed by atoms with van der Waals surface area (Å²) >= 11 is 0. The van der Waals surface area contributed by atoms with Gasteiger partial charge in [0.1, 0.15) is 17.9 Å². The van der Waals surface area contributed by atoms with Gasteiger partial charge in [0, 0.05) is 18.8 Å². The van der Waals surface area contributed by atoms with Crippen LogP contribution < -0.4 is 4.74 Å². The molecule has 0 aliphatic carbocycles. The van der Waals surface area contributed by atoms with Crippen molar-refractivity contribution < 1.29 is 4.74 Å². The fraction of sp³-hybridized carbons (Fsp3) is 0.286. The number of imidazole rings is 1. The van der Waals surface area contributed by atoms with Crippen molar-refractivity contribution >= 4 is 0 Å². The predicted octanol–water partition coefficient (Wildman–Crippen LogP) is 2.07. The average Bonchev–Trinajstić information content (AvgIpc) is 2.94. The van der Waals surface area contributed by atoms with Crippen molar-refractivity contribution in [2.45, 2.75) is 26.0 Å². The molecule has 4 heteroatoms. The largest absolute Gasteiger partial charge is 0.488 e. The van der Waals surface area contributed by atoms with Gasteiger partial charge in [-0.25, -0.2) is 4.98 Å². The van der Waals surface area contributed by atoms with Crippen LogP contribution in [0.4, 0.5) is 0 Å². The van der Waals surface area contributed by atoms with Crippen molar-refractivity contribution in [3.63, 3.8) is 0 Å². The summed E-state index contributed by atoms with van der Waals surface area (Å²) in [5.41, 5.74) is 2.50. The first-order valence-electron chi connectivity index (χ1n) is 5.93. The highest BCUT2D eigenvalue weighted by Gasteiger charge is 2.23. The first-order chi connectivity index (χ1) is 8.76. The fourth-order valence-corrected chi connectivity index (χ4v) is 2.34. The standard InChI is InChI=1S/C14H13N3O/c1-10-2-3-13-11(6-10)7-12(18-13)9-17-5-4-16-14(17)8-15/h2-6,12H,7,9H2,1H3. The number of nitrogens with zero attached hydrogens (tertiary/aromatic N) is 3. The maximum absolute atomic E-state index is 8.92. The summed E-state index contributed by atoms with van der Waals surface area (Å²) in [5, 5.41) is 8.92. The monoisotopic (exact) mass is 239 g/mol. The number of nitriles is 1. The lowest BCUT2D eigenvalue weighted by atomic mass is 10.1. The molecule has 0 saturated carbocycles. The van der Waals surface area contributed by atoms with Gasteiger partial charge in [-0.2, -0.15) is 5.26 Å². The minimum atomic E-state index is 0.0862. The molecule has 1 aliphatic rings. The third-order valence-electron chi connectivity index (χ3n) is 3.17. The third-order valence-corrected chi connectivity index (χ3v) is 3.17. The van der Waals surface area contributed by atoms with Gasteiger partial charge in [0.25, 0.3) is 0 Å². The molecule has 0 N–H and O–H groups in total. The second-order valence-corrected chi connectivity index (χ2v) is 4.57. The molecule has 4 nitrogen and oxygen atoms in total. The quantitative estimate of drug-likeness (QED) is 0.806. The Balaban J connectivity index is 1.77. The van der Waals surface area contributed by atoms with E-state index in [9.17, 15) is 0 Å². The van der Waals surface area contributed by atoms with Gasteiger partial charge in [-0.1, -0.05) is 17.7 Å². The Hall–Kier alpha value is -2.28. The summed E-state index contributed by atoms with van der Waals surface area (Å²) in [6, 6.07) is 8.31. The van der Waals surface area contributed by atoms with Gasteiger partial charge in [-0.15, -0.1) is 0 Å². The number of benzene rings is 1. The molecule has 2 aromatic rings. The van der Waals surface area contributed by atoms with E-state index in [-0.39, 0.29) is 6.10 Å². The second kappa shape index (κ2) is 4.19. The Morgan fingerprint density at radius 2 is 2.44 bits per heavy atom. The smallest absolute Gasteiger partial charge is 0.212 e. The Kier molecular flexibility index (Phi) is 2.52. The van der Waals surface area contributed by atoms with E-state index in [1.807, 2.05) is 16.8 Å². The van der Waals surface area contributed by atoms with Crippen LogP contribution in [0.2, 0.25) is 0 Å². The number of rotatable bonds is 2. The van der Waals surface area contributed by atoms with Crippen molar-refractivity contribution in [3.05, 3.63) is 47.5 Å². The van der Waals surface area contributed by atoms with Gasteiger partial charge in [0.05, 0.1) is 6.54 Å². The minimum absolute atomic E-state index is 0.0862. The Bertz CT molecular complexity index is 624.